The summed E-state index contributed by atoms with van der Waals surface area (Å²) in [4.78, 5) is 24.3. The molecular formula is C18H27NO4S. The van der Waals surface area contributed by atoms with Crippen molar-refractivity contribution in [1.29, 1.82) is 0 Å². The van der Waals surface area contributed by atoms with Crippen molar-refractivity contribution >= 4 is 28.2 Å². The number of anilines is 1. The highest BCUT2D eigenvalue weighted by atomic mass is 32.1. The first-order chi connectivity index (χ1) is 11.5. The van der Waals surface area contributed by atoms with Gasteiger partial charge in [-0.1, -0.05) is 33.1 Å². The first-order valence-electron chi connectivity index (χ1n) is 8.61. The molecule has 0 aromatic carbocycles. The van der Waals surface area contributed by atoms with Gasteiger partial charge in [-0.3, -0.25) is 4.79 Å². The Labute approximate surface area is 147 Å². The Bertz CT molecular complexity index is 561. The molecule has 6 heteroatoms. The number of methoxy groups -OCH3 is 1. The van der Waals surface area contributed by atoms with Gasteiger partial charge in [-0.25, -0.2) is 4.79 Å². The van der Waals surface area contributed by atoms with Crippen LogP contribution in [-0.2, 0) is 20.7 Å². The number of hydrogen-bond acceptors (Lipinski definition) is 5. The van der Waals surface area contributed by atoms with Crippen LogP contribution in [0.15, 0.2) is 5.38 Å². The van der Waals surface area contributed by atoms with Crippen molar-refractivity contribution < 1.29 is 19.1 Å². The molecule has 0 saturated heterocycles. The zero-order chi connectivity index (χ0) is 17.5. The van der Waals surface area contributed by atoms with Gasteiger partial charge in [0.2, 0.25) is 0 Å². The van der Waals surface area contributed by atoms with Gasteiger partial charge in [-0.2, -0.15) is 0 Å². The lowest BCUT2D eigenvalue weighted by Gasteiger charge is -2.21. The summed E-state index contributed by atoms with van der Waals surface area (Å²) in [7, 11) is 1.36. The summed E-state index contributed by atoms with van der Waals surface area (Å²) in [6.45, 7) is 4.21. The van der Waals surface area contributed by atoms with Gasteiger partial charge in [-0.05, 0) is 36.1 Å². The lowest BCUT2D eigenvalue weighted by atomic mass is 9.98. The van der Waals surface area contributed by atoms with Gasteiger partial charge in [0.1, 0.15) is 11.6 Å². The highest BCUT2D eigenvalue weighted by molar-refractivity contribution is 7.15. The highest BCUT2D eigenvalue weighted by Crippen LogP contribution is 2.31. The summed E-state index contributed by atoms with van der Waals surface area (Å²) >= 11 is 1.36. The molecule has 1 amide bonds. The second-order valence-electron chi connectivity index (χ2n) is 6.67. The molecule has 134 valence electrons. The largest absolute Gasteiger partial charge is 0.465 e. The molecule has 1 aromatic heterocycles. The molecule has 1 aromatic rings. The van der Waals surface area contributed by atoms with Gasteiger partial charge >= 0.3 is 5.97 Å². The van der Waals surface area contributed by atoms with Gasteiger partial charge < -0.3 is 14.8 Å². The Morgan fingerprint density at radius 1 is 1.29 bits per heavy atom. The average Bonchev–Trinajstić information content (AvgIpc) is 2.94. The average molecular weight is 353 g/mol. The minimum Gasteiger partial charge on any atom is -0.465 e. The predicted molar refractivity (Wildman–Crippen MR) is 95.7 cm³/mol. The first kappa shape index (κ1) is 18.9. The Balaban J connectivity index is 1.98. The van der Waals surface area contributed by atoms with E-state index in [4.69, 9.17) is 9.47 Å². The summed E-state index contributed by atoms with van der Waals surface area (Å²) in [5, 5.41) is 5.28. The van der Waals surface area contributed by atoms with Crippen molar-refractivity contribution in [3.8, 4) is 0 Å². The van der Waals surface area contributed by atoms with E-state index in [2.05, 4.69) is 19.2 Å². The molecule has 0 radical (unpaired) electrons. The van der Waals surface area contributed by atoms with E-state index in [0.29, 0.717) is 16.5 Å². The Kier molecular flexibility index (Phi) is 7.24. The van der Waals surface area contributed by atoms with Gasteiger partial charge in [0, 0.05) is 0 Å². The molecule has 1 N–H and O–H groups in total. The maximum absolute atomic E-state index is 12.2. The Morgan fingerprint density at radius 2 is 2.00 bits per heavy atom. The lowest BCUT2D eigenvalue weighted by Crippen LogP contribution is -2.25. The van der Waals surface area contributed by atoms with Crippen LogP contribution in [0.25, 0.3) is 0 Å². The van der Waals surface area contributed by atoms with E-state index in [1.807, 2.05) is 5.38 Å². The SMILES string of the molecule is COC(=O)c1c(CC(C)C)csc1NC(=O)COC1CCCCC1. The molecule has 1 heterocycles. The molecule has 0 aliphatic heterocycles. The van der Waals surface area contributed by atoms with Crippen LogP contribution in [-0.4, -0.2) is 31.7 Å². The van der Waals surface area contributed by atoms with E-state index >= 15 is 0 Å². The van der Waals surface area contributed by atoms with Gasteiger partial charge in [0.05, 0.1) is 18.8 Å². The third kappa shape index (κ3) is 5.31. The number of thiophene rings is 1. The molecule has 1 fully saturated rings. The van der Waals surface area contributed by atoms with Crippen molar-refractivity contribution in [2.45, 2.75) is 58.5 Å². The van der Waals surface area contributed by atoms with Crippen molar-refractivity contribution in [1.82, 2.24) is 0 Å². The van der Waals surface area contributed by atoms with Crippen LogP contribution in [0.5, 0.6) is 0 Å². The number of ether oxygens (including phenoxy) is 2. The molecule has 0 bridgehead atoms. The topological polar surface area (TPSA) is 64.6 Å². The van der Waals surface area contributed by atoms with Crippen LogP contribution in [0.3, 0.4) is 0 Å². The van der Waals surface area contributed by atoms with Gasteiger partial charge in [0.25, 0.3) is 5.91 Å². The first-order valence-corrected chi connectivity index (χ1v) is 9.49. The van der Waals surface area contributed by atoms with Crippen molar-refractivity contribution in [3.05, 3.63) is 16.5 Å². The molecule has 0 spiro atoms. The van der Waals surface area contributed by atoms with Crippen LogP contribution >= 0.6 is 11.3 Å². The highest BCUT2D eigenvalue weighted by Gasteiger charge is 2.22. The van der Waals surface area contributed by atoms with Crippen molar-refractivity contribution in [2.75, 3.05) is 19.0 Å². The second-order valence-corrected chi connectivity index (χ2v) is 7.55. The number of amides is 1. The predicted octanol–water partition coefficient (Wildman–Crippen LogP) is 4.02. The Morgan fingerprint density at radius 3 is 2.62 bits per heavy atom. The fourth-order valence-corrected chi connectivity index (χ4v) is 3.97. The fraction of sp³-hybridized carbons (Fsp3) is 0.667. The van der Waals surface area contributed by atoms with E-state index in [0.717, 1.165) is 24.8 Å². The summed E-state index contributed by atoms with van der Waals surface area (Å²) < 4.78 is 10.6. The van der Waals surface area contributed by atoms with E-state index in [-0.39, 0.29) is 18.6 Å². The molecule has 24 heavy (non-hydrogen) atoms. The lowest BCUT2D eigenvalue weighted by molar-refractivity contribution is -0.123. The van der Waals surface area contributed by atoms with Crippen LogP contribution in [0.1, 0.15) is 61.9 Å². The van der Waals surface area contributed by atoms with Crippen molar-refractivity contribution in [2.24, 2.45) is 5.92 Å². The van der Waals surface area contributed by atoms with E-state index < -0.39 is 5.97 Å². The Hall–Kier alpha value is -1.40. The van der Waals surface area contributed by atoms with Crippen LogP contribution in [0.4, 0.5) is 5.00 Å². The standard InChI is InChI=1S/C18H27NO4S/c1-12(2)9-13-11-24-17(16(13)18(21)22-3)19-15(20)10-23-14-7-5-4-6-8-14/h11-12,14H,4-10H2,1-3H3,(H,19,20). The molecule has 2 rings (SSSR count). The maximum Gasteiger partial charge on any atom is 0.341 e. The maximum atomic E-state index is 12.2. The number of rotatable bonds is 7. The summed E-state index contributed by atoms with van der Waals surface area (Å²) in [6.07, 6.45) is 6.60. The van der Waals surface area contributed by atoms with Crippen molar-refractivity contribution in [3.63, 3.8) is 0 Å². The number of hydrogen-bond donors (Lipinski definition) is 1. The summed E-state index contributed by atoms with van der Waals surface area (Å²) in [5.74, 6) is -0.208. The van der Waals surface area contributed by atoms with E-state index in [1.165, 1.54) is 37.7 Å². The summed E-state index contributed by atoms with van der Waals surface area (Å²) in [5.41, 5.74) is 1.40. The minimum atomic E-state index is -0.407. The fourth-order valence-electron chi connectivity index (χ4n) is 2.99. The zero-order valence-corrected chi connectivity index (χ0v) is 15.5. The number of nitrogens with one attached hydrogen (secondary N) is 1. The van der Waals surface area contributed by atoms with Crippen LogP contribution < -0.4 is 5.32 Å². The smallest absolute Gasteiger partial charge is 0.341 e. The molecule has 5 nitrogen and oxygen atoms in total. The number of esters is 1. The number of carbonyl (C=O) groups is 2. The molecule has 0 atom stereocenters. The van der Waals surface area contributed by atoms with Crippen LogP contribution in [0.2, 0.25) is 0 Å². The zero-order valence-electron chi connectivity index (χ0n) is 14.7. The molecular weight excluding hydrogens is 326 g/mol. The van der Waals surface area contributed by atoms with E-state index in [1.54, 1.807) is 0 Å². The normalized spacial score (nSPS) is 15.5. The third-order valence-corrected chi connectivity index (χ3v) is 5.08. The summed E-state index contributed by atoms with van der Waals surface area (Å²) in [6, 6.07) is 0. The number of carbonyl (C=O) groups excluding carboxylic acids is 2. The molecule has 1 aliphatic carbocycles. The van der Waals surface area contributed by atoms with E-state index in [9.17, 15) is 9.59 Å². The monoisotopic (exact) mass is 353 g/mol. The van der Waals surface area contributed by atoms with Gasteiger partial charge in [0.15, 0.2) is 0 Å². The minimum absolute atomic E-state index is 0.0304. The quantitative estimate of drug-likeness (QED) is 0.752. The van der Waals surface area contributed by atoms with Crippen LogP contribution in [0, 0.1) is 5.92 Å². The third-order valence-electron chi connectivity index (χ3n) is 4.14. The second kappa shape index (κ2) is 9.18. The van der Waals surface area contributed by atoms with Gasteiger partial charge in [-0.15, -0.1) is 11.3 Å². The molecule has 1 saturated carbocycles. The molecule has 0 unspecified atom stereocenters. The molecule has 1 aliphatic rings.